The number of para-hydroxylation sites is 1. The molecule has 7 aromatic heterocycles. The van der Waals surface area contributed by atoms with E-state index < -0.39 is 0 Å². The molecule has 0 spiro atoms. The Hall–Kier alpha value is -10.9. The average molecular weight is 1690 g/mol. The first kappa shape index (κ1) is 86.7. The normalized spacial score (nSPS) is 19.4. The molecule has 124 heavy (non-hydrogen) atoms. The first-order valence-electron chi connectivity index (χ1n) is 45.0. The second-order valence-electron chi connectivity index (χ2n) is 35.7. The van der Waals surface area contributed by atoms with Crippen LogP contribution in [-0.4, -0.2) is 136 Å². The molecule has 14 heterocycles. The average Bonchev–Trinajstić information content (AvgIpc) is 1.63. The fourth-order valence-corrected chi connectivity index (χ4v) is 19.7. The Labute approximate surface area is 717 Å². The van der Waals surface area contributed by atoms with Gasteiger partial charge in [0.15, 0.2) is 39.1 Å². The van der Waals surface area contributed by atoms with Gasteiger partial charge in [0.25, 0.3) is 0 Å². The number of aryl methyl sites for hydroxylation is 3. The summed E-state index contributed by atoms with van der Waals surface area (Å²) in [4.78, 5) is 90.3. The van der Waals surface area contributed by atoms with E-state index in [-0.39, 0.29) is 51.9 Å². The Morgan fingerprint density at radius 1 is 0.315 bits per heavy atom. The van der Waals surface area contributed by atoms with Crippen molar-refractivity contribution in [1.82, 2.24) is 70.0 Å². The van der Waals surface area contributed by atoms with Gasteiger partial charge in [-0.3, -0.25) is 33.2 Å². The fraction of sp³-hybridized carbons (Fsp3) is 0.490. The summed E-state index contributed by atoms with van der Waals surface area (Å²) >= 11 is 0. The molecule has 1 atom stereocenters. The topological polar surface area (TPSA) is 354 Å². The number of aromatic nitrogens is 7. The number of piperidine rings is 7. The first-order chi connectivity index (χ1) is 60.2. The van der Waals surface area contributed by atoms with Crippen molar-refractivity contribution in [3.8, 4) is 0 Å². The number of aromatic amines is 3. The van der Waals surface area contributed by atoms with Crippen molar-refractivity contribution in [2.75, 3.05) is 92.1 Å². The summed E-state index contributed by atoms with van der Waals surface area (Å²) in [5.74, 6) is 1.87. The molecular formula is C96H120N14O14. The van der Waals surface area contributed by atoms with Gasteiger partial charge in [0.2, 0.25) is 0 Å². The van der Waals surface area contributed by atoms with E-state index in [0.29, 0.717) is 69.3 Å². The Morgan fingerprint density at radius 2 is 0.685 bits per heavy atom. The van der Waals surface area contributed by atoms with E-state index in [9.17, 15) is 33.6 Å². The second kappa shape index (κ2) is 39.6. The molecule has 8 fully saturated rings. The Kier molecular flexibility index (Phi) is 27.6. The SMILES string of the molecule is CC1(C)CC(c2ccc3[nH]c(=O)oc3c2)CCN1.CN1CCC(n2c(=O)oc3cc(C4CCNCC4)ccc32)CC1.Cn1c(=O)oc2c(C3CCNCC3)cccc21.Cn1c(=O)oc2cc(C3CCNCC3)ccc21.Cn1c(=O)oc2ccc(C3CCNCC3)cc21.O=c1[nH]c2ccc(C3CCCCC3)cc2o1.O=c1[nH]c2ccc(C3CCNCC3)cc2o1. The van der Waals surface area contributed by atoms with Gasteiger partial charge in [-0.2, -0.15) is 0 Å². The summed E-state index contributed by atoms with van der Waals surface area (Å²) in [5.41, 5.74) is 20.0. The number of nitrogens with zero attached hydrogens (tertiary/aromatic N) is 5. The van der Waals surface area contributed by atoms with Crippen LogP contribution >= 0.6 is 0 Å². The molecule has 1 saturated carbocycles. The van der Waals surface area contributed by atoms with Gasteiger partial charge in [0.1, 0.15) is 0 Å². The highest BCUT2D eigenvalue weighted by Gasteiger charge is 2.31. The highest BCUT2D eigenvalue weighted by molar-refractivity contribution is 5.79. The Morgan fingerprint density at radius 3 is 1.17 bits per heavy atom. The zero-order chi connectivity index (χ0) is 86.0. The summed E-state index contributed by atoms with van der Waals surface area (Å²) in [5, 5.41) is 20.3. The van der Waals surface area contributed by atoms with Crippen molar-refractivity contribution in [2.45, 2.75) is 189 Å². The molecule has 22 rings (SSSR count). The number of benzene rings is 7. The molecule has 8 aliphatic rings. The van der Waals surface area contributed by atoms with Crippen LogP contribution in [0.15, 0.2) is 192 Å². The minimum atomic E-state index is -0.382. The number of likely N-dealkylation sites (tertiary alicyclic amines) is 1. The van der Waals surface area contributed by atoms with E-state index >= 15 is 0 Å². The van der Waals surface area contributed by atoms with Crippen molar-refractivity contribution in [1.29, 1.82) is 0 Å². The third-order valence-electron chi connectivity index (χ3n) is 26.9. The predicted octanol–water partition coefficient (Wildman–Crippen LogP) is 14.2. The maximum atomic E-state index is 12.4. The molecule has 1 aliphatic carbocycles. The van der Waals surface area contributed by atoms with Crippen molar-refractivity contribution < 1.29 is 30.9 Å². The van der Waals surface area contributed by atoms with E-state index in [4.69, 9.17) is 30.9 Å². The van der Waals surface area contributed by atoms with Gasteiger partial charge in [0.05, 0.1) is 38.6 Å². The third kappa shape index (κ3) is 20.7. The molecule has 0 radical (unpaired) electrons. The van der Waals surface area contributed by atoms with Gasteiger partial charge in [0, 0.05) is 38.3 Å². The standard InChI is InChI=1S/C18H25N3O2.C14H18N2O2.3C13H16N2O2.C13H15NO2.C12H14N2O2/c1-20-10-6-15(7-11-20)21-16-3-2-14(12-17(16)23-18(21)22)13-4-8-19-9-5-13;1-14(2)8-10(5-6-15-14)9-3-4-11-12(7-9)18-13(17)16-11;1-15-11-8-10(9-4-6-14-7-5-9)2-3-12(11)17-13(15)16;1-15-11-3-2-10(8-12(11)17-13(15)16)9-4-6-14-7-5-9;1-15-11-4-2-3-10(12(11)17-13(15)16)9-5-7-14-8-6-9;15-13-14-11-7-6-10(8-12(11)16-13)9-4-2-1-3-5-9;15-12-14-10-2-1-9(7-11(10)16-12)8-3-5-13-6-4-8/h2-3,12-13,15,19H,4-11H2,1H3;3-4,7,10,15H,5-6,8H2,1-2H3,(H,16,17);2*2-3,8-9,14H,4-7H2,1H3;2-4,9,14H,5-8H2,1H3;6-9H,1-5H2,(H,14,15);1-2,7-8,13H,3-6H2,(H,14,15). The van der Waals surface area contributed by atoms with Crippen LogP contribution in [0.5, 0.6) is 0 Å². The molecule has 7 aliphatic heterocycles. The van der Waals surface area contributed by atoms with E-state index in [1.165, 1.54) is 71.0 Å². The molecule has 658 valence electrons. The number of fused-ring (bicyclic) bond motifs is 7. The highest BCUT2D eigenvalue weighted by Crippen LogP contribution is 2.38. The lowest BCUT2D eigenvalue weighted by Gasteiger charge is -2.36. The molecular weight excluding hydrogens is 1570 g/mol. The minimum absolute atomic E-state index is 0.177. The Balaban J connectivity index is 0.000000107. The molecule has 28 heteroatoms. The number of nitrogens with one attached hydrogen (secondary N) is 9. The Bertz CT molecular complexity index is 6270. The zero-order valence-electron chi connectivity index (χ0n) is 72.3. The van der Waals surface area contributed by atoms with Gasteiger partial charge in [-0.05, 0) is 362 Å². The minimum Gasteiger partial charge on any atom is -0.408 e. The molecule has 28 nitrogen and oxygen atoms in total. The molecule has 0 amide bonds. The number of H-pyrrole nitrogens is 3. The second-order valence-corrected chi connectivity index (χ2v) is 35.7. The molecule has 0 bridgehead atoms. The van der Waals surface area contributed by atoms with Gasteiger partial charge in [-0.25, -0.2) is 33.6 Å². The van der Waals surface area contributed by atoms with E-state index in [0.717, 1.165) is 225 Å². The molecule has 1 unspecified atom stereocenters. The van der Waals surface area contributed by atoms with Crippen LogP contribution in [0.3, 0.4) is 0 Å². The number of rotatable bonds is 8. The summed E-state index contributed by atoms with van der Waals surface area (Å²) in [6.45, 7) is 18.2. The molecule has 14 aromatic rings. The quantitative estimate of drug-likeness (QED) is 0.0682. The number of hydrogen-bond donors (Lipinski definition) is 9. The lowest BCUT2D eigenvalue weighted by atomic mass is 9.80. The predicted molar refractivity (Wildman–Crippen MR) is 485 cm³/mol. The van der Waals surface area contributed by atoms with Gasteiger partial charge in [-0.15, -0.1) is 0 Å². The largest absolute Gasteiger partial charge is 0.420 e. The van der Waals surface area contributed by atoms with Crippen LogP contribution < -0.4 is 72.2 Å². The lowest BCUT2D eigenvalue weighted by Crippen LogP contribution is -2.45. The van der Waals surface area contributed by atoms with Crippen molar-refractivity contribution in [2.24, 2.45) is 21.1 Å². The maximum absolute atomic E-state index is 12.4. The number of oxazole rings is 7. The summed E-state index contributed by atoms with van der Waals surface area (Å²) in [6, 6.07) is 43.0. The van der Waals surface area contributed by atoms with Crippen LogP contribution in [0.1, 0.15) is 222 Å². The highest BCUT2D eigenvalue weighted by atomic mass is 16.4. The van der Waals surface area contributed by atoms with Crippen LogP contribution in [-0.2, 0) is 21.1 Å². The van der Waals surface area contributed by atoms with Crippen molar-refractivity contribution in [3.05, 3.63) is 240 Å². The van der Waals surface area contributed by atoms with Crippen LogP contribution in [0.4, 0.5) is 0 Å². The third-order valence-corrected chi connectivity index (χ3v) is 26.9. The summed E-state index contributed by atoms with van der Waals surface area (Å²) in [7, 11) is 7.37. The number of hydrogen-bond acceptors (Lipinski definition) is 21. The van der Waals surface area contributed by atoms with E-state index in [2.05, 4.69) is 133 Å². The van der Waals surface area contributed by atoms with Crippen molar-refractivity contribution >= 4 is 77.7 Å². The van der Waals surface area contributed by atoms with E-state index in [1.807, 2.05) is 71.3 Å². The monoisotopic (exact) mass is 1690 g/mol. The molecule has 9 N–H and O–H groups in total. The lowest BCUT2D eigenvalue weighted by molar-refractivity contribution is 0.217. The molecule has 7 saturated heterocycles. The summed E-state index contributed by atoms with van der Waals surface area (Å²) < 4.78 is 43.2. The van der Waals surface area contributed by atoms with Gasteiger partial charge >= 0.3 is 40.3 Å². The smallest absolute Gasteiger partial charge is 0.408 e. The first-order valence-corrected chi connectivity index (χ1v) is 45.0. The zero-order valence-corrected chi connectivity index (χ0v) is 72.3. The van der Waals surface area contributed by atoms with Crippen molar-refractivity contribution in [3.63, 3.8) is 0 Å². The maximum Gasteiger partial charge on any atom is 0.420 e. The van der Waals surface area contributed by atoms with Crippen LogP contribution in [0.25, 0.3) is 77.7 Å². The van der Waals surface area contributed by atoms with Gasteiger partial charge < -0.3 is 67.7 Å². The summed E-state index contributed by atoms with van der Waals surface area (Å²) in [6.07, 6.45) is 22.3. The van der Waals surface area contributed by atoms with Crippen LogP contribution in [0.2, 0.25) is 0 Å². The fourth-order valence-electron chi connectivity index (χ4n) is 19.7. The van der Waals surface area contributed by atoms with Crippen LogP contribution in [0, 0.1) is 0 Å². The van der Waals surface area contributed by atoms with E-state index in [1.54, 1.807) is 34.8 Å². The van der Waals surface area contributed by atoms with Gasteiger partial charge in [-0.1, -0.05) is 67.8 Å². The molecule has 7 aromatic carbocycles.